The number of benzene rings is 4. The van der Waals surface area contributed by atoms with E-state index < -0.39 is 44.1 Å². The zero-order chi connectivity index (χ0) is 65.7. The van der Waals surface area contributed by atoms with Crippen LogP contribution in [0.4, 0.5) is 15.3 Å². The number of hydrogen-bond donors (Lipinski definition) is 8. The molecule has 2 saturated carbocycles. The molecule has 4 aromatic carbocycles. The molecule has 0 bridgehead atoms. The molecule has 27 heteroatoms. The van der Waals surface area contributed by atoms with E-state index in [9.17, 15) is 50.7 Å². The monoisotopic (exact) mass is 1330 g/mol. The fourth-order valence-electron chi connectivity index (χ4n) is 10.9. The number of nitrogens with one attached hydrogen (secondary N) is 7. The first kappa shape index (κ1) is 70.7. The molecule has 2 saturated heterocycles. The van der Waals surface area contributed by atoms with Gasteiger partial charge in [-0.3, -0.25) is 30.1 Å². The minimum absolute atomic E-state index is 0.00834. The van der Waals surface area contributed by atoms with Crippen molar-refractivity contribution in [2.24, 2.45) is 22.7 Å². The molecule has 7 amide bonds. The first-order valence-electron chi connectivity index (χ1n) is 30.7. The number of rotatable bonds is 16. The molecule has 8 N–H and O–H groups in total. The molecule has 4 heterocycles. The quantitative estimate of drug-likeness (QED) is 0.0457. The van der Waals surface area contributed by atoms with E-state index in [2.05, 4.69) is 60.2 Å². The molecule has 4 fully saturated rings. The Hall–Kier alpha value is -7.71. The number of carbonyl (C=O) groups excluding carboxylic acids is 5. The van der Waals surface area contributed by atoms with Crippen LogP contribution in [0, 0.1) is 31.6 Å². The Morgan fingerprint density at radius 3 is 1.92 bits per heavy atom. The normalized spacial score (nSPS) is 17.7. The number of carboxylic acids is 1. The van der Waals surface area contributed by atoms with Crippen LogP contribution in [0.3, 0.4) is 0 Å². The number of carboxylic acid groups (broad SMARTS) is 1. The molecule has 5 aliphatic rings. The van der Waals surface area contributed by atoms with Gasteiger partial charge in [-0.15, -0.1) is 0 Å². The van der Waals surface area contributed by atoms with Crippen molar-refractivity contribution in [1.82, 2.24) is 56.0 Å². The van der Waals surface area contributed by atoms with Crippen LogP contribution >= 0.6 is 23.2 Å². The van der Waals surface area contributed by atoms with E-state index in [-0.39, 0.29) is 45.2 Å². The topological polar surface area (TPSA) is 320 Å². The number of guanidine groups is 1. The first-order valence-corrected chi connectivity index (χ1v) is 34.5. The summed E-state index contributed by atoms with van der Waals surface area (Å²) in [5, 5.41) is 23.1. The highest BCUT2D eigenvalue weighted by Crippen LogP contribution is 2.37. The largest absolute Gasteiger partial charge is 0.480 e. The van der Waals surface area contributed by atoms with Crippen LogP contribution in [0.25, 0.3) is 0 Å². The first-order chi connectivity index (χ1) is 43.4. The number of hydrazine groups is 1. The fourth-order valence-corrected chi connectivity index (χ4v) is 13.1. The van der Waals surface area contributed by atoms with Crippen molar-refractivity contribution in [3.05, 3.63) is 147 Å². The average Bonchev–Trinajstić information content (AvgIpc) is 2.16. The Labute approximate surface area is 542 Å². The smallest absolute Gasteiger partial charge is 0.343 e. The Balaban J connectivity index is 0.000000177. The van der Waals surface area contributed by atoms with Crippen molar-refractivity contribution in [1.29, 1.82) is 0 Å². The van der Waals surface area contributed by atoms with Gasteiger partial charge in [0.15, 0.2) is 0 Å². The minimum atomic E-state index is -3.95. The van der Waals surface area contributed by atoms with Crippen molar-refractivity contribution in [3.8, 4) is 0 Å². The summed E-state index contributed by atoms with van der Waals surface area (Å²) in [7, 11) is -7.77. The van der Waals surface area contributed by atoms with Gasteiger partial charge in [0, 0.05) is 49.8 Å². The number of aryl methyl sites for hydroxylation is 2. The van der Waals surface area contributed by atoms with Gasteiger partial charge >= 0.3 is 18.0 Å². The number of aromatic nitrogens is 2. The van der Waals surface area contributed by atoms with Crippen LogP contribution < -0.4 is 36.1 Å². The molecule has 1 aromatic heterocycles. The lowest BCUT2D eigenvalue weighted by atomic mass is 9.76. The highest BCUT2D eigenvalue weighted by atomic mass is 35.5. The van der Waals surface area contributed by atoms with E-state index in [0.29, 0.717) is 60.3 Å². The zero-order valence-electron chi connectivity index (χ0n) is 51.7. The second-order valence-corrected chi connectivity index (χ2v) is 27.7. The van der Waals surface area contributed by atoms with Crippen LogP contribution in [0.1, 0.15) is 136 Å². The lowest BCUT2D eigenvalue weighted by molar-refractivity contribution is -0.142. The van der Waals surface area contributed by atoms with E-state index in [1.54, 1.807) is 48.3 Å². The number of halogens is 2. The van der Waals surface area contributed by atoms with Crippen LogP contribution in [-0.4, -0.2) is 122 Å². The minimum Gasteiger partial charge on any atom is -0.480 e. The van der Waals surface area contributed by atoms with Gasteiger partial charge in [-0.2, -0.15) is 0 Å². The number of sulfonamides is 2. The summed E-state index contributed by atoms with van der Waals surface area (Å²) in [6.07, 6.45) is 16.9. The summed E-state index contributed by atoms with van der Waals surface area (Å²) in [5.74, 6) is 0.461. The molecule has 91 heavy (non-hydrogen) atoms. The van der Waals surface area contributed by atoms with Crippen molar-refractivity contribution in [2.75, 3.05) is 26.2 Å². The van der Waals surface area contributed by atoms with Crippen LogP contribution in [0.15, 0.2) is 118 Å². The van der Waals surface area contributed by atoms with E-state index >= 15 is 0 Å². The maximum absolute atomic E-state index is 12.4. The summed E-state index contributed by atoms with van der Waals surface area (Å²) in [4.78, 5) is 85.3. The molecule has 1 atom stereocenters. The van der Waals surface area contributed by atoms with Crippen molar-refractivity contribution in [3.63, 3.8) is 0 Å². The van der Waals surface area contributed by atoms with Gasteiger partial charge < -0.3 is 26.0 Å². The third-order valence-electron chi connectivity index (χ3n) is 16.2. The third kappa shape index (κ3) is 22.3. The Morgan fingerprint density at radius 1 is 0.703 bits per heavy atom. The maximum Gasteiger partial charge on any atom is 0.343 e. The lowest BCUT2D eigenvalue weighted by Gasteiger charge is -2.30. The molecule has 5 aromatic rings. The third-order valence-corrected chi connectivity index (χ3v) is 19.7. The van der Waals surface area contributed by atoms with Gasteiger partial charge in [0.25, 0.3) is 26.0 Å². The van der Waals surface area contributed by atoms with Crippen LogP contribution in [0.2, 0.25) is 10.0 Å². The fraction of sp³-hybridized carbons (Fsp3) is 0.453. The summed E-state index contributed by atoms with van der Waals surface area (Å²) < 4.78 is 53.1. The molecule has 0 radical (unpaired) electrons. The molecule has 3 aliphatic heterocycles. The Kier molecular flexibility index (Phi) is 26.5. The Bertz CT molecular complexity index is 3550. The zero-order valence-corrected chi connectivity index (χ0v) is 54.8. The second-order valence-electron chi connectivity index (χ2n) is 23.5. The molecule has 0 spiro atoms. The molecule has 10 rings (SSSR count). The number of fused-ring (bicyclic) bond motifs is 2. The van der Waals surface area contributed by atoms with Gasteiger partial charge in [-0.1, -0.05) is 129 Å². The molecule has 2 aliphatic carbocycles. The van der Waals surface area contributed by atoms with Gasteiger partial charge in [0.2, 0.25) is 17.8 Å². The standard InChI is InChI=1S/C21H27N5O4S.C19H27NO3.C14H21N3O3S.C10H7Cl2N3O/c1-15-13-24-19(14-23-15)20(27)22-12-11-16-7-9-18(10-8-16)31(29,30)26-21(28)25-17-5-3-2-4-6-17;1-13(2)15-8-10-16(11-9-15)18(21)20-17(19(22)23)12-14-6-4-3-5-7-14;1-12-6-8-13(9-7-12)21(19,20)16-14(18)15-17-10-4-2-3-5-11-17;11-6-1-2-7-5(9(6)12)3-15-4-8(16)14-10(15)13-7/h7-10,13-14,17H,2-6,11-12H2,1H3,(H,22,27)(H2,25,26,28);3-7,13,15-17H,8-12H2,1-2H3,(H,20,21)(H,22,23);6-9H,2-5,10-11H2,1H3,(H2,15,16,18);1-2H,3-4H2,(H,13,14,16)/t;15-,16-,17-;;/m.1../s1. The molecule has 490 valence electrons. The molecule has 23 nitrogen and oxygen atoms in total. The van der Waals surface area contributed by atoms with E-state index in [1.807, 2.05) is 46.9 Å². The summed E-state index contributed by atoms with van der Waals surface area (Å²) in [6.45, 7) is 10.9. The van der Waals surface area contributed by atoms with E-state index in [1.165, 1.54) is 36.7 Å². The van der Waals surface area contributed by atoms with E-state index in [4.69, 9.17) is 23.2 Å². The number of carbonyl (C=O) groups is 6. The Morgan fingerprint density at radius 2 is 1.32 bits per heavy atom. The summed E-state index contributed by atoms with van der Waals surface area (Å²) in [6, 6.07) is 23.3. The lowest BCUT2D eigenvalue weighted by Crippen LogP contribution is -2.49. The van der Waals surface area contributed by atoms with Gasteiger partial charge in [0.05, 0.1) is 44.0 Å². The van der Waals surface area contributed by atoms with Gasteiger partial charge in [-0.05, 0) is 131 Å². The number of urea groups is 2. The maximum atomic E-state index is 12.4. The number of nitrogens with zero attached hydrogens (tertiary/aromatic N) is 5. The number of amides is 7. The molecule has 0 unspecified atom stereocenters. The van der Waals surface area contributed by atoms with Gasteiger partial charge in [0.1, 0.15) is 18.3 Å². The van der Waals surface area contributed by atoms with Crippen molar-refractivity contribution in [2.45, 2.75) is 152 Å². The predicted octanol–water partition coefficient (Wildman–Crippen LogP) is 9.04. The van der Waals surface area contributed by atoms with Crippen LogP contribution in [0.5, 0.6) is 0 Å². The van der Waals surface area contributed by atoms with E-state index in [0.717, 1.165) is 130 Å². The SMILES string of the molecule is CC(C)[C@H]1CC[C@H](C(=O)N[C@H](Cc2ccccc2)C(=O)O)CC1.Cc1ccc(S(=O)(=O)NC(=O)NN2CCCCCC2)cc1.Cc1cnc(C(=O)NCCc2ccc(S(=O)(=O)NC(=O)NC3CCCCC3)cc2)cn1.O=C1CN2Cc3c(ccc(Cl)c3Cl)N=C2N1. The second kappa shape index (κ2) is 34.1. The predicted molar refractivity (Wildman–Crippen MR) is 347 cm³/mol. The summed E-state index contributed by atoms with van der Waals surface area (Å²) in [5.41, 5.74) is 7.94. The van der Waals surface area contributed by atoms with Crippen LogP contribution in [-0.2, 0) is 53.8 Å². The highest BCUT2D eigenvalue weighted by Gasteiger charge is 2.32. The van der Waals surface area contributed by atoms with Crippen molar-refractivity contribution >= 4 is 90.6 Å². The average molecular weight is 1330 g/mol. The van der Waals surface area contributed by atoms with Crippen molar-refractivity contribution < 1.29 is 50.7 Å². The molecular weight excluding hydrogens is 1250 g/mol. The number of aliphatic imine (C=N–C) groups is 1. The number of hydrogen-bond acceptors (Lipinski definition) is 15. The highest BCUT2D eigenvalue weighted by molar-refractivity contribution is 7.90. The summed E-state index contributed by atoms with van der Waals surface area (Å²) >= 11 is 12.0. The molecular formula is C64H82Cl2N12O11S2. The van der Waals surface area contributed by atoms with Gasteiger partial charge in [-0.25, -0.2) is 55.6 Å². The number of aliphatic carboxylic acids is 1.